The van der Waals surface area contributed by atoms with Gasteiger partial charge in [0.1, 0.15) is 12.2 Å². The van der Waals surface area contributed by atoms with Crippen LogP contribution in [0.2, 0.25) is 0 Å². The summed E-state index contributed by atoms with van der Waals surface area (Å²) in [6.07, 6.45) is -2.01. The lowest BCUT2D eigenvalue weighted by molar-refractivity contribution is -0.142. The smallest absolute Gasteiger partial charge is 0.326 e. The molecule has 0 aromatic carbocycles. The van der Waals surface area contributed by atoms with Crippen molar-refractivity contribution in [3.63, 3.8) is 0 Å². The molecule has 0 aromatic heterocycles. The lowest BCUT2D eigenvalue weighted by Crippen LogP contribution is -2.41. The topological polar surface area (TPSA) is 115 Å². The maximum Gasteiger partial charge on any atom is 0.326 e. The van der Waals surface area contributed by atoms with Crippen molar-refractivity contribution in [3.8, 4) is 0 Å². The third-order valence-corrected chi connectivity index (χ3v) is 1.51. The third-order valence-electron chi connectivity index (χ3n) is 1.51. The lowest BCUT2D eigenvalue weighted by Gasteiger charge is -2.14. The number of amides is 1. The Morgan fingerprint density at radius 3 is 2.67 bits per heavy atom. The summed E-state index contributed by atoms with van der Waals surface area (Å²) < 4.78 is 13.0. The molecule has 0 unspecified atom stereocenters. The molecule has 2 atom stereocenters. The number of carboxylic acid groups (broad SMARTS) is 1. The van der Waals surface area contributed by atoms with Crippen molar-refractivity contribution >= 4 is 11.9 Å². The molecule has 0 heterocycles. The number of hydrogen-bond donors (Lipinski definition) is 2. The van der Waals surface area contributed by atoms with Crippen molar-refractivity contribution < 1.29 is 19.1 Å². The minimum Gasteiger partial charge on any atom is -0.480 e. The summed E-state index contributed by atoms with van der Waals surface area (Å²) in [5.74, 6) is -1.88. The van der Waals surface area contributed by atoms with E-state index in [-0.39, 0.29) is 0 Å². The van der Waals surface area contributed by atoms with E-state index >= 15 is 0 Å². The number of hydrogen-bond acceptors (Lipinski definition) is 3. The quantitative estimate of drug-likeness (QED) is 0.386. The summed E-state index contributed by atoms with van der Waals surface area (Å²) in [5, 5.41) is 13.6. The molecule has 2 N–H and O–H groups in total. The summed E-state index contributed by atoms with van der Waals surface area (Å²) in [5.41, 5.74) is 7.91. The second-order valence-electron chi connectivity index (χ2n) is 2.84. The highest BCUT2D eigenvalue weighted by Crippen LogP contribution is 2.04. The number of nitrogens with one attached hydrogen (secondary N) is 1. The van der Waals surface area contributed by atoms with Crippen molar-refractivity contribution in [2.24, 2.45) is 5.11 Å². The summed E-state index contributed by atoms with van der Waals surface area (Å²) >= 11 is 0. The van der Waals surface area contributed by atoms with E-state index in [2.05, 4.69) is 15.3 Å². The van der Waals surface area contributed by atoms with E-state index in [4.69, 9.17) is 10.6 Å². The van der Waals surface area contributed by atoms with Crippen molar-refractivity contribution in [2.75, 3.05) is 6.54 Å². The molecule has 0 rings (SSSR count). The molecule has 8 heteroatoms. The van der Waals surface area contributed by atoms with E-state index < -0.39 is 37.1 Å². The molecule has 0 spiro atoms. The van der Waals surface area contributed by atoms with Gasteiger partial charge in [0, 0.05) is 18.3 Å². The van der Waals surface area contributed by atoms with Gasteiger partial charge in [-0.15, -0.1) is 0 Å². The van der Waals surface area contributed by atoms with Gasteiger partial charge in [0.05, 0.1) is 6.54 Å². The van der Waals surface area contributed by atoms with Crippen molar-refractivity contribution in [1.82, 2.24) is 5.32 Å². The fraction of sp³-hybridized carbons (Fsp3) is 0.714. The fourth-order valence-corrected chi connectivity index (χ4v) is 0.922. The highest BCUT2D eigenvalue weighted by Gasteiger charge is 2.22. The highest BCUT2D eigenvalue weighted by atomic mass is 19.1. The number of carbonyl (C=O) groups excluding carboxylic acids is 1. The molecule has 1 amide bonds. The molecular formula is C7H11FN4O3. The number of alkyl halides is 1. The number of nitrogens with zero attached hydrogens (tertiary/aromatic N) is 3. The molecule has 0 aliphatic heterocycles. The standard InChI is InChI=1S/C7H11FN4O3/c1-4(13)11-6(7(14)15)2-5(8)3-10-12-9/h5-6H,2-3H2,1H3,(H,11,13)(H,14,15)/t5-,6+/m1/s1. The second kappa shape index (κ2) is 6.61. The number of halogens is 1. The zero-order valence-corrected chi connectivity index (χ0v) is 8.05. The Morgan fingerprint density at radius 2 is 2.27 bits per heavy atom. The van der Waals surface area contributed by atoms with E-state index in [1.807, 2.05) is 0 Å². The van der Waals surface area contributed by atoms with Crippen molar-refractivity contribution in [2.45, 2.75) is 25.6 Å². The van der Waals surface area contributed by atoms with Gasteiger partial charge in [0.25, 0.3) is 0 Å². The molecule has 0 saturated heterocycles. The van der Waals surface area contributed by atoms with Gasteiger partial charge in [-0.1, -0.05) is 5.11 Å². The van der Waals surface area contributed by atoms with Gasteiger partial charge < -0.3 is 10.4 Å². The van der Waals surface area contributed by atoms with E-state index in [9.17, 15) is 14.0 Å². The average molecular weight is 218 g/mol. The molecule has 0 aromatic rings. The van der Waals surface area contributed by atoms with Gasteiger partial charge >= 0.3 is 5.97 Å². The van der Waals surface area contributed by atoms with Crippen LogP contribution in [-0.2, 0) is 9.59 Å². The lowest BCUT2D eigenvalue weighted by atomic mass is 10.1. The Kier molecular flexibility index (Phi) is 5.81. The number of carboxylic acids is 1. The number of carbonyl (C=O) groups is 2. The molecule has 0 bridgehead atoms. The van der Waals surface area contributed by atoms with Crippen LogP contribution in [0.4, 0.5) is 4.39 Å². The van der Waals surface area contributed by atoms with Crippen LogP contribution in [0.3, 0.4) is 0 Å². The zero-order valence-electron chi connectivity index (χ0n) is 8.05. The van der Waals surface area contributed by atoms with E-state index in [1.54, 1.807) is 0 Å². The first kappa shape index (κ1) is 13.2. The van der Waals surface area contributed by atoms with Gasteiger partial charge in [-0.25, -0.2) is 9.18 Å². The first-order chi connectivity index (χ1) is 6.97. The van der Waals surface area contributed by atoms with E-state index in [1.165, 1.54) is 0 Å². The van der Waals surface area contributed by atoms with Gasteiger partial charge in [-0.2, -0.15) is 0 Å². The summed E-state index contributed by atoms with van der Waals surface area (Å²) in [4.78, 5) is 23.5. The Balaban J connectivity index is 4.21. The van der Waals surface area contributed by atoms with Crippen LogP contribution >= 0.6 is 0 Å². The summed E-state index contributed by atoms with van der Waals surface area (Å²) in [7, 11) is 0. The van der Waals surface area contributed by atoms with Crippen molar-refractivity contribution in [3.05, 3.63) is 10.4 Å². The first-order valence-corrected chi connectivity index (χ1v) is 4.12. The molecule has 0 saturated carbocycles. The minimum atomic E-state index is -1.59. The second-order valence-corrected chi connectivity index (χ2v) is 2.84. The third kappa shape index (κ3) is 6.28. The molecule has 0 radical (unpaired) electrons. The maximum absolute atomic E-state index is 13.0. The van der Waals surface area contributed by atoms with Gasteiger partial charge in [0.2, 0.25) is 5.91 Å². The van der Waals surface area contributed by atoms with Gasteiger partial charge in [-0.05, 0) is 5.53 Å². The monoisotopic (exact) mass is 218 g/mol. The van der Waals surface area contributed by atoms with Crippen LogP contribution < -0.4 is 5.32 Å². The number of rotatable bonds is 6. The molecule has 0 aliphatic rings. The molecular weight excluding hydrogens is 207 g/mol. The van der Waals surface area contributed by atoms with E-state index in [0.29, 0.717) is 0 Å². The van der Waals surface area contributed by atoms with Crippen LogP contribution in [0.15, 0.2) is 5.11 Å². The Bertz CT molecular complexity index is 290. The van der Waals surface area contributed by atoms with Crippen LogP contribution in [0.1, 0.15) is 13.3 Å². The summed E-state index contributed by atoms with van der Waals surface area (Å²) in [6, 6.07) is -1.30. The SMILES string of the molecule is CC(=O)N[C@@H](C[C@@H](F)CN=[N+]=[N-])C(=O)O. The first-order valence-electron chi connectivity index (χ1n) is 4.12. The molecule has 0 aliphatic carbocycles. The molecule has 15 heavy (non-hydrogen) atoms. The number of azide groups is 1. The van der Waals surface area contributed by atoms with Crippen LogP contribution in [0.5, 0.6) is 0 Å². The van der Waals surface area contributed by atoms with Crippen LogP contribution in [0, 0.1) is 0 Å². The van der Waals surface area contributed by atoms with Crippen LogP contribution in [-0.4, -0.2) is 35.7 Å². The number of aliphatic carboxylic acids is 1. The normalized spacial score (nSPS) is 13.5. The molecule has 7 nitrogen and oxygen atoms in total. The molecule has 0 fully saturated rings. The van der Waals surface area contributed by atoms with Crippen LogP contribution in [0.25, 0.3) is 10.4 Å². The van der Waals surface area contributed by atoms with Crippen molar-refractivity contribution in [1.29, 1.82) is 0 Å². The highest BCUT2D eigenvalue weighted by molar-refractivity contribution is 5.82. The zero-order chi connectivity index (χ0) is 11.8. The molecule has 84 valence electrons. The largest absolute Gasteiger partial charge is 0.480 e. The van der Waals surface area contributed by atoms with E-state index in [0.717, 1.165) is 6.92 Å². The Morgan fingerprint density at radius 1 is 1.67 bits per heavy atom. The van der Waals surface area contributed by atoms with Gasteiger partial charge in [0.15, 0.2) is 0 Å². The summed E-state index contributed by atoms with van der Waals surface area (Å²) in [6.45, 7) is 0.691. The predicted octanol–water partition coefficient (Wildman–Crippen LogP) is 0.614. The van der Waals surface area contributed by atoms with Gasteiger partial charge in [-0.3, -0.25) is 4.79 Å². The maximum atomic E-state index is 13.0. The predicted molar refractivity (Wildman–Crippen MR) is 48.8 cm³/mol. The Labute approximate surface area is 84.9 Å². The minimum absolute atomic E-state index is 0.423. The Hall–Kier alpha value is -1.82. The average Bonchev–Trinajstić information content (AvgIpc) is 2.12. The fourth-order valence-electron chi connectivity index (χ4n) is 0.922.